The monoisotopic (exact) mass is 349 g/mol. The van der Waals surface area contributed by atoms with E-state index in [0.717, 1.165) is 23.2 Å². The molecule has 0 radical (unpaired) electrons. The van der Waals surface area contributed by atoms with Gasteiger partial charge in [0.15, 0.2) is 0 Å². The Labute approximate surface area is 144 Å². The Hall–Kier alpha value is -2.28. The molecule has 0 atom stereocenters. The minimum atomic E-state index is -0.625. The van der Waals surface area contributed by atoms with Gasteiger partial charge in [-0.05, 0) is 31.5 Å². The fraction of sp³-hybridized carbons (Fsp3) is 0.353. The number of aromatic nitrogens is 1. The van der Waals surface area contributed by atoms with Gasteiger partial charge in [-0.3, -0.25) is 9.59 Å². The van der Waals surface area contributed by atoms with E-state index in [1.807, 2.05) is 6.92 Å². The van der Waals surface area contributed by atoms with Crippen LogP contribution in [0.4, 0.5) is 10.1 Å². The van der Waals surface area contributed by atoms with Crippen LogP contribution in [0.2, 0.25) is 0 Å². The van der Waals surface area contributed by atoms with Gasteiger partial charge in [0.2, 0.25) is 5.91 Å². The first-order valence-electron chi connectivity index (χ1n) is 7.71. The van der Waals surface area contributed by atoms with E-state index in [2.05, 4.69) is 22.5 Å². The number of rotatable bonds is 6. The summed E-state index contributed by atoms with van der Waals surface area (Å²) in [7, 11) is 0. The Balaban J connectivity index is 1.97. The van der Waals surface area contributed by atoms with Crippen molar-refractivity contribution in [2.24, 2.45) is 0 Å². The van der Waals surface area contributed by atoms with Gasteiger partial charge in [0.25, 0.3) is 5.91 Å². The molecule has 1 aromatic carbocycles. The predicted molar refractivity (Wildman–Crippen MR) is 93.0 cm³/mol. The molecule has 2 rings (SSSR count). The molecule has 0 fully saturated rings. The summed E-state index contributed by atoms with van der Waals surface area (Å²) in [5.41, 5.74) is 1.37. The lowest BCUT2D eigenvalue weighted by Crippen LogP contribution is -2.26. The minimum Gasteiger partial charge on any atom is -0.352 e. The third kappa shape index (κ3) is 4.61. The Morgan fingerprint density at radius 3 is 2.71 bits per heavy atom. The summed E-state index contributed by atoms with van der Waals surface area (Å²) in [6, 6.07) is 3.91. The van der Waals surface area contributed by atoms with Crippen LogP contribution < -0.4 is 10.6 Å². The van der Waals surface area contributed by atoms with Crippen molar-refractivity contribution in [1.82, 2.24) is 10.3 Å². The second-order valence-electron chi connectivity index (χ2n) is 5.35. The quantitative estimate of drug-likeness (QED) is 0.842. The maximum Gasteiger partial charge on any atom is 0.254 e. The van der Waals surface area contributed by atoms with Crippen LogP contribution in [-0.2, 0) is 17.6 Å². The molecule has 0 aliphatic rings. The molecule has 7 heteroatoms. The van der Waals surface area contributed by atoms with E-state index in [1.165, 1.54) is 23.9 Å². The van der Waals surface area contributed by atoms with Crippen molar-refractivity contribution in [2.45, 2.75) is 33.6 Å². The van der Waals surface area contributed by atoms with Crippen molar-refractivity contribution in [3.8, 4) is 0 Å². The molecule has 0 saturated carbocycles. The number of anilines is 1. The molecule has 0 saturated heterocycles. The summed E-state index contributed by atoms with van der Waals surface area (Å²) in [6.07, 6.45) is 1.49. The normalized spacial score (nSPS) is 10.5. The number of aryl methyl sites for hydroxylation is 2. The molecule has 2 amide bonds. The number of carbonyl (C=O) groups is 2. The average molecular weight is 349 g/mol. The first-order valence-corrected chi connectivity index (χ1v) is 8.52. The van der Waals surface area contributed by atoms with Gasteiger partial charge in [0.1, 0.15) is 5.82 Å². The average Bonchev–Trinajstić information content (AvgIpc) is 2.88. The highest BCUT2D eigenvalue weighted by Gasteiger charge is 2.13. The van der Waals surface area contributed by atoms with Crippen LogP contribution in [0.15, 0.2) is 18.2 Å². The zero-order valence-electron chi connectivity index (χ0n) is 13.9. The predicted octanol–water partition coefficient (Wildman–Crippen LogP) is 3.08. The van der Waals surface area contributed by atoms with Crippen LogP contribution >= 0.6 is 11.3 Å². The van der Waals surface area contributed by atoms with E-state index in [1.54, 1.807) is 11.3 Å². The first-order chi connectivity index (χ1) is 11.4. The second-order valence-corrected chi connectivity index (χ2v) is 6.63. The van der Waals surface area contributed by atoms with E-state index in [4.69, 9.17) is 0 Å². The molecule has 128 valence electrons. The molecule has 2 aromatic rings. The number of halogens is 1. The van der Waals surface area contributed by atoms with E-state index in [9.17, 15) is 14.0 Å². The van der Waals surface area contributed by atoms with Crippen molar-refractivity contribution in [1.29, 1.82) is 0 Å². The molecule has 0 spiro atoms. The van der Waals surface area contributed by atoms with E-state index < -0.39 is 11.7 Å². The van der Waals surface area contributed by atoms with Gasteiger partial charge >= 0.3 is 0 Å². The summed E-state index contributed by atoms with van der Waals surface area (Å²) >= 11 is 1.61. The highest BCUT2D eigenvalue weighted by molar-refractivity contribution is 7.11. The molecule has 0 aliphatic carbocycles. The van der Waals surface area contributed by atoms with Crippen LogP contribution in [-0.4, -0.2) is 23.3 Å². The fourth-order valence-corrected chi connectivity index (χ4v) is 3.30. The molecule has 0 bridgehead atoms. The van der Waals surface area contributed by atoms with Gasteiger partial charge in [-0.15, -0.1) is 11.3 Å². The molecular weight excluding hydrogens is 329 g/mol. The van der Waals surface area contributed by atoms with E-state index in [-0.39, 0.29) is 11.5 Å². The van der Waals surface area contributed by atoms with Crippen LogP contribution in [0, 0.1) is 12.7 Å². The number of thiazole rings is 1. The van der Waals surface area contributed by atoms with Gasteiger partial charge < -0.3 is 10.6 Å². The van der Waals surface area contributed by atoms with Crippen molar-refractivity contribution < 1.29 is 14.0 Å². The zero-order valence-corrected chi connectivity index (χ0v) is 14.7. The SMILES string of the molecule is CCc1nc(CCNC(=O)c2cc(NC(C)=O)ccc2F)sc1C. The lowest BCUT2D eigenvalue weighted by atomic mass is 10.1. The van der Waals surface area contributed by atoms with Crippen molar-refractivity contribution in [3.05, 3.63) is 45.2 Å². The number of nitrogens with one attached hydrogen (secondary N) is 2. The summed E-state index contributed by atoms with van der Waals surface area (Å²) in [5, 5.41) is 6.18. The number of carbonyl (C=O) groups excluding carboxylic acids is 2. The number of nitrogens with zero attached hydrogens (tertiary/aromatic N) is 1. The lowest BCUT2D eigenvalue weighted by Gasteiger charge is -2.08. The molecule has 1 heterocycles. The largest absolute Gasteiger partial charge is 0.352 e. The molecule has 0 aliphatic heterocycles. The summed E-state index contributed by atoms with van der Waals surface area (Å²) in [5.74, 6) is -1.41. The summed E-state index contributed by atoms with van der Waals surface area (Å²) in [4.78, 5) is 28.9. The lowest BCUT2D eigenvalue weighted by molar-refractivity contribution is -0.114. The third-order valence-electron chi connectivity index (χ3n) is 3.43. The van der Waals surface area contributed by atoms with Gasteiger partial charge in [0.05, 0.1) is 16.3 Å². The smallest absolute Gasteiger partial charge is 0.254 e. The molecule has 1 aromatic heterocycles. The highest BCUT2D eigenvalue weighted by atomic mass is 32.1. The first kappa shape index (κ1) is 18.1. The standard InChI is InChI=1S/C17H20FN3O2S/c1-4-15-10(2)24-16(21-15)7-8-19-17(23)13-9-12(20-11(3)22)5-6-14(13)18/h5-6,9H,4,7-8H2,1-3H3,(H,19,23)(H,20,22). The maximum atomic E-state index is 13.8. The molecule has 5 nitrogen and oxygen atoms in total. The van der Waals surface area contributed by atoms with E-state index in [0.29, 0.717) is 18.7 Å². The molecular formula is C17H20FN3O2S. The maximum absolute atomic E-state index is 13.8. The third-order valence-corrected chi connectivity index (χ3v) is 4.50. The Bertz CT molecular complexity index is 758. The highest BCUT2D eigenvalue weighted by Crippen LogP contribution is 2.18. The van der Waals surface area contributed by atoms with Crippen molar-refractivity contribution >= 4 is 28.8 Å². The number of benzene rings is 1. The zero-order chi connectivity index (χ0) is 17.7. The second kappa shape index (κ2) is 8.01. The molecule has 24 heavy (non-hydrogen) atoms. The van der Waals surface area contributed by atoms with Crippen LogP contribution in [0.5, 0.6) is 0 Å². The van der Waals surface area contributed by atoms with Crippen LogP contribution in [0.1, 0.15) is 39.8 Å². The fourth-order valence-electron chi connectivity index (χ4n) is 2.28. The topological polar surface area (TPSA) is 71.1 Å². The number of hydrogen-bond acceptors (Lipinski definition) is 4. The van der Waals surface area contributed by atoms with E-state index >= 15 is 0 Å². The van der Waals surface area contributed by atoms with Gasteiger partial charge in [0, 0.05) is 30.5 Å². The van der Waals surface area contributed by atoms with Gasteiger partial charge in [-0.2, -0.15) is 0 Å². The van der Waals surface area contributed by atoms with Crippen LogP contribution in [0.3, 0.4) is 0 Å². The Morgan fingerprint density at radius 2 is 2.08 bits per heavy atom. The molecule has 0 unspecified atom stereocenters. The molecule has 2 N–H and O–H groups in total. The van der Waals surface area contributed by atoms with Crippen molar-refractivity contribution in [3.63, 3.8) is 0 Å². The number of hydrogen-bond donors (Lipinski definition) is 2. The number of amides is 2. The Kier molecular flexibility index (Phi) is 6.03. The summed E-state index contributed by atoms with van der Waals surface area (Å²) < 4.78 is 13.8. The van der Waals surface area contributed by atoms with Gasteiger partial charge in [-0.25, -0.2) is 9.37 Å². The summed E-state index contributed by atoms with van der Waals surface area (Å²) in [6.45, 7) is 5.81. The van der Waals surface area contributed by atoms with Crippen molar-refractivity contribution in [2.75, 3.05) is 11.9 Å². The van der Waals surface area contributed by atoms with Gasteiger partial charge in [-0.1, -0.05) is 6.92 Å². The minimum absolute atomic E-state index is 0.0918. The van der Waals surface area contributed by atoms with Crippen LogP contribution in [0.25, 0.3) is 0 Å². The Morgan fingerprint density at radius 1 is 1.33 bits per heavy atom.